The van der Waals surface area contributed by atoms with Crippen molar-refractivity contribution < 1.29 is 23.5 Å². The summed E-state index contributed by atoms with van der Waals surface area (Å²) in [5, 5.41) is 19.6. The van der Waals surface area contributed by atoms with Crippen LogP contribution in [0.15, 0.2) is 47.6 Å². The number of benzene rings is 1. The van der Waals surface area contributed by atoms with Gasteiger partial charge in [0, 0.05) is 29.4 Å². The van der Waals surface area contributed by atoms with Crippen LogP contribution >= 0.6 is 11.8 Å². The van der Waals surface area contributed by atoms with Gasteiger partial charge in [-0.05, 0) is 49.2 Å². The molecule has 2 aromatic rings. The Balaban J connectivity index is 2.03. The van der Waals surface area contributed by atoms with Crippen LogP contribution in [0.5, 0.6) is 5.75 Å². The average Bonchev–Trinajstić information content (AvgIpc) is 2.67. The molecule has 1 saturated heterocycles. The Morgan fingerprint density at radius 2 is 1.93 bits per heavy atom. The number of hydrogen-bond donors (Lipinski definition) is 3. The second-order valence-corrected chi connectivity index (χ2v) is 10.5. The second kappa shape index (κ2) is 7.70. The molecule has 0 saturated carbocycles. The molecule has 1 aromatic heterocycles. The highest BCUT2D eigenvalue weighted by molar-refractivity contribution is 8.01. The van der Waals surface area contributed by atoms with E-state index in [2.05, 4.69) is 4.98 Å². The minimum absolute atomic E-state index is 0.0834. The number of amides is 1. The molecule has 1 atom stereocenters. The first-order valence-corrected chi connectivity index (χ1v) is 10.9. The number of carbonyl (C=O) groups is 1. The number of nitrogens with zero attached hydrogens (tertiary/aromatic N) is 2. The molecule has 3 rings (SSSR count). The Hall–Kier alpha value is -2.14. The summed E-state index contributed by atoms with van der Waals surface area (Å²) in [6.07, 6.45) is 3.20. The molecule has 0 spiro atoms. The third-order valence-corrected chi connectivity index (χ3v) is 7.92. The predicted octanol–water partition coefficient (Wildman–Crippen LogP) is 1.84. The lowest BCUT2D eigenvalue weighted by Gasteiger charge is -2.43. The maximum absolute atomic E-state index is 13.3. The van der Waals surface area contributed by atoms with Crippen LogP contribution in [-0.4, -0.2) is 57.0 Å². The lowest BCUT2D eigenvalue weighted by Crippen LogP contribution is -2.61. The van der Waals surface area contributed by atoms with Gasteiger partial charge in [-0.2, -0.15) is 16.1 Å². The molecule has 10 heteroatoms. The highest BCUT2D eigenvalue weighted by Gasteiger charge is 2.48. The fraction of sp³-hybridized carbons (Fsp3) is 0.333. The zero-order valence-corrected chi connectivity index (χ0v) is 17.0. The number of sulfonamides is 1. The topological polar surface area (TPSA) is 120 Å². The molecule has 8 nitrogen and oxygen atoms in total. The van der Waals surface area contributed by atoms with Gasteiger partial charge in [0.05, 0.1) is 0 Å². The fourth-order valence-electron chi connectivity index (χ4n) is 3.31. The van der Waals surface area contributed by atoms with Crippen LogP contribution in [0.25, 0.3) is 11.1 Å². The zero-order chi connectivity index (χ0) is 20.5. The van der Waals surface area contributed by atoms with Crippen molar-refractivity contribution in [1.82, 2.24) is 14.8 Å². The van der Waals surface area contributed by atoms with E-state index < -0.39 is 32.5 Å². The summed E-state index contributed by atoms with van der Waals surface area (Å²) in [5.41, 5.74) is 2.98. The van der Waals surface area contributed by atoms with Gasteiger partial charge in [0.2, 0.25) is 10.0 Å². The Morgan fingerprint density at radius 3 is 2.54 bits per heavy atom. The first-order chi connectivity index (χ1) is 13.2. The van der Waals surface area contributed by atoms with Gasteiger partial charge < -0.3 is 5.11 Å². The maximum atomic E-state index is 13.3. The van der Waals surface area contributed by atoms with Crippen LogP contribution in [0.2, 0.25) is 0 Å². The molecule has 28 heavy (non-hydrogen) atoms. The largest absolute Gasteiger partial charge is 0.507 e. The van der Waals surface area contributed by atoms with Crippen LogP contribution in [0, 0.1) is 0 Å². The molecule has 1 unspecified atom stereocenters. The highest BCUT2D eigenvalue weighted by atomic mass is 32.2. The van der Waals surface area contributed by atoms with Crippen molar-refractivity contribution in [1.29, 1.82) is 0 Å². The van der Waals surface area contributed by atoms with Crippen molar-refractivity contribution in [3.8, 4) is 16.9 Å². The van der Waals surface area contributed by atoms with E-state index in [1.807, 2.05) is 0 Å². The Kier molecular flexibility index (Phi) is 5.67. The number of thioether (sulfide) groups is 1. The van der Waals surface area contributed by atoms with E-state index in [1.165, 1.54) is 23.9 Å². The van der Waals surface area contributed by atoms with E-state index in [4.69, 9.17) is 5.21 Å². The number of aromatic nitrogens is 1. The number of aromatic hydroxyl groups is 1. The normalized spacial score (nSPS) is 19.9. The minimum atomic E-state index is -4.18. The number of rotatable bonds is 4. The molecule has 0 radical (unpaired) electrons. The van der Waals surface area contributed by atoms with E-state index in [1.54, 1.807) is 49.9 Å². The standard InChI is InChI=1S/C18H21N3O5S2/c1-18(2)16(17(23)20-24)21(9-10-27-18)28(25,26)15-4-3-13(11-14(15)22)12-5-7-19-8-6-12/h3-8,11,16,22,24H,9-10H2,1-2H3,(H,20,23). The molecule has 1 aliphatic rings. The van der Waals surface area contributed by atoms with Crippen molar-refractivity contribution in [3.05, 3.63) is 42.7 Å². The van der Waals surface area contributed by atoms with Crippen LogP contribution < -0.4 is 5.48 Å². The van der Waals surface area contributed by atoms with Crippen LogP contribution in [0.1, 0.15) is 13.8 Å². The Bertz CT molecular complexity index is 980. The number of hydroxylamine groups is 1. The number of nitrogens with one attached hydrogen (secondary N) is 1. The summed E-state index contributed by atoms with van der Waals surface area (Å²) in [7, 11) is -4.18. The molecule has 150 valence electrons. The third-order valence-electron chi connectivity index (χ3n) is 4.65. The molecule has 1 aliphatic heterocycles. The summed E-state index contributed by atoms with van der Waals surface area (Å²) in [5.74, 6) is -0.737. The molecule has 1 fully saturated rings. The lowest BCUT2D eigenvalue weighted by molar-refractivity contribution is -0.134. The zero-order valence-electron chi connectivity index (χ0n) is 15.4. The van der Waals surface area contributed by atoms with Gasteiger partial charge in [-0.15, -0.1) is 0 Å². The van der Waals surface area contributed by atoms with Crippen molar-refractivity contribution in [2.45, 2.75) is 29.5 Å². The van der Waals surface area contributed by atoms with E-state index in [9.17, 15) is 18.3 Å². The van der Waals surface area contributed by atoms with Crippen molar-refractivity contribution in [2.24, 2.45) is 0 Å². The predicted molar refractivity (Wildman–Crippen MR) is 105 cm³/mol. The number of phenols is 1. The lowest BCUT2D eigenvalue weighted by atomic mass is 10.0. The van der Waals surface area contributed by atoms with Crippen molar-refractivity contribution >= 4 is 27.7 Å². The third kappa shape index (κ3) is 3.72. The number of carbonyl (C=O) groups excluding carboxylic acids is 1. The van der Waals surface area contributed by atoms with Crippen molar-refractivity contribution in [3.63, 3.8) is 0 Å². The fourth-order valence-corrected chi connectivity index (χ4v) is 6.48. The molecule has 0 aliphatic carbocycles. The van der Waals surface area contributed by atoms with Crippen LogP contribution in [0.4, 0.5) is 0 Å². The first-order valence-electron chi connectivity index (χ1n) is 8.51. The second-order valence-electron chi connectivity index (χ2n) is 6.86. The van der Waals surface area contributed by atoms with Gasteiger partial charge >= 0.3 is 0 Å². The molecule has 0 bridgehead atoms. The monoisotopic (exact) mass is 423 g/mol. The molecule has 1 amide bonds. The summed E-state index contributed by atoms with van der Waals surface area (Å²) in [6.45, 7) is 3.57. The summed E-state index contributed by atoms with van der Waals surface area (Å²) >= 11 is 1.44. The van der Waals surface area contributed by atoms with E-state index in [0.717, 1.165) is 9.87 Å². The summed E-state index contributed by atoms with van der Waals surface area (Å²) in [4.78, 5) is 15.9. The van der Waals surface area contributed by atoms with Gasteiger partial charge in [0.15, 0.2) is 0 Å². The van der Waals surface area contributed by atoms with Gasteiger partial charge in [0.1, 0.15) is 16.7 Å². The Labute approximate surface area is 167 Å². The van der Waals surface area contributed by atoms with Crippen LogP contribution in [0.3, 0.4) is 0 Å². The number of phenolic OH excluding ortho intramolecular Hbond substituents is 1. The van der Waals surface area contributed by atoms with E-state index in [0.29, 0.717) is 11.3 Å². The highest BCUT2D eigenvalue weighted by Crippen LogP contribution is 2.40. The van der Waals surface area contributed by atoms with Crippen molar-refractivity contribution in [2.75, 3.05) is 12.3 Å². The maximum Gasteiger partial charge on any atom is 0.263 e. The molecule has 2 heterocycles. The molecule has 1 aromatic carbocycles. The van der Waals surface area contributed by atoms with E-state index in [-0.39, 0.29) is 11.4 Å². The smallest absolute Gasteiger partial charge is 0.263 e. The number of pyridine rings is 1. The Morgan fingerprint density at radius 1 is 1.25 bits per heavy atom. The average molecular weight is 424 g/mol. The van der Waals surface area contributed by atoms with E-state index >= 15 is 0 Å². The van der Waals surface area contributed by atoms with Gasteiger partial charge in [0.25, 0.3) is 5.91 Å². The summed E-state index contributed by atoms with van der Waals surface area (Å²) in [6, 6.07) is 6.65. The van der Waals surface area contributed by atoms with Gasteiger partial charge in [-0.3, -0.25) is 15.0 Å². The minimum Gasteiger partial charge on any atom is -0.507 e. The first kappa shape index (κ1) is 20.6. The van der Waals surface area contributed by atoms with Crippen LogP contribution in [-0.2, 0) is 14.8 Å². The number of hydrogen-bond acceptors (Lipinski definition) is 7. The molecular weight excluding hydrogens is 402 g/mol. The molecule has 3 N–H and O–H groups in total. The summed E-state index contributed by atoms with van der Waals surface area (Å²) < 4.78 is 26.8. The molecular formula is C18H21N3O5S2. The van der Waals surface area contributed by atoms with Gasteiger partial charge in [-0.1, -0.05) is 6.07 Å². The van der Waals surface area contributed by atoms with Gasteiger partial charge in [-0.25, -0.2) is 13.9 Å². The quantitative estimate of drug-likeness (QED) is 0.507. The SMILES string of the molecule is CC1(C)SCCN(S(=O)(=O)c2ccc(-c3ccncc3)cc2O)C1C(=O)NO.